The first-order valence-corrected chi connectivity index (χ1v) is 6.63. The summed E-state index contributed by atoms with van der Waals surface area (Å²) in [5, 5.41) is 21.2. The van der Waals surface area contributed by atoms with Gasteiger partial charge < -0.3 is 5.11 Å². The number of aromatic nitrogens is 4. The molecule has 0 bridgehead atoms. The van der Waals surface area contributed by atoms with E-state index in [0.717, 1.165) is 37.4 Å². The fraction of sp³-hybridized carbons (Fsp3) is 0.538. The Kier molecular flexibility index (Phi) is 3.35. The van der Waals surface area contributed by atoms with Crippen LogP contribution in [0.3, 0.4) is 0 Å². The zero-order chi connectivity index (χ0) is 13.2. The molecule has 0 radical (unpaired) electrons. The van der Waals surface area contributed by atoms with Crippen LogP contribution in [0.2, 0.25) is 0 Å². The van der Waals surface area contributed by atoms with Crippen LogP contribution in [-0.4, -0.2) is 42.6 Å². The van der Waals surface area contributed by atoms with E-state index < -0.39 is 0 Å². The second-order valence-corrected chi connectivity index (χ2v) is 5.12. The summed E-state index contributed by atoms with van der Waals surface area (Å²) in [6.07, 6.45) is 2.75. The molecule has 0 fully saturated rings. The number of fused-ring (bicyclic) bond motifs is 1. The van der Waals surface area contributed by atoms with E-state index in [1.165, 1.54) is 5.69 Å². The number of rotatable bonds is 3. The summed E-state index contributed by atoms with van der Waals surface area (Å²) in [6, 6.07) is 4.26. The molecular weight excluding hydrogens is 242 g/mol. The highest BCUT2D eigenvalue weighted by Gasteiger charge is 2.24. The van der Waals surface area contributed by atoms with Crippen LogP contribution in [0.5, 0.6) is 0 Å². The van der Waals surface area contributed by atoms with Crippen LogP contribution in [-0.2, 0) is 19.6 Å². The van der Waals surface area contributed by atoms with Gasteiger partial charge in [-0.05, 0) is 25.5 Å². The van der Waals surface area contributed by atoms with Gasteiger partial charge in [-0.15, -0.1) is 0 Å². The molecule has 0 aromatic carbocycles. The molecule has 102 valence electrons. The van der Waals surface area contributed by atoms with Crippen LogP contribution in [0.25, 0.3) is 0 Å². The Morgan fingerprint density at radius 3 is 3.16 bits per heavy atom. The van der Waals surface area contributed by atoms with Crippen molar-refractivity contribution in [2.45, 2.75) is 39.0 Å². The monoisotopic (exact) mass is 261 g/mol. The van der Waals surface area contributed by atoms with E-state index in [2.05, 4.69) is 26.3 Å². The molecule has 1 unspecified atom stereocenters. The lowest BCUT2D eigenvalue weighted by Crippen LogP contribution is -2.36. The van der Waals surface area contributed by atoms with Gasteiger partial charge in [-0.25, -0.2) is 0 Å². The summed E-state index contributed by atoms with van der Waals surface area (Å²) >= 11 is 0. The maximum Gasteiger partial charge on any atom is 0.0765 e. The van der Waals surface area contributed by atoms with Crippen molar-refractivity contribution in [2.24, 2.45) is 0 Å². The number of nitrogens with zero attached hydrogens (tertiary/aromatic N) is 4. The molecule has 0 aliphatic carbocycles. The van der Waals surface area contributed by atoms with Crippen molar-refractivity contribution in [1.82, 2.24) is 24.9 Å². The molecule has 0 saturated carbocycles. The average Bonchev–Trinajstić information content (AvgIpc) is 2.96. The Morgan fingerprint density at radius 1 is 1.53 bits per heavy atom. The maximum absolute atomic E-state index is 9.59. The van der Waals surface area contributed by atoms with E-state index in [-0.39, 0.29) is 12.6 Å². The Hall–Kier alpha value is -1.66. The first kappa shape index (κ1) is 12.4. The van der Waals surface area contributed by atoms with Crippen molar-refractivity contribution >= 4 is 0 Å². The molecule has 2 aromatic rings. The van der Waals surface area contributed by atoms with E-state index in [9.17, 15) is 5.11 Å². The summed E-state index contributed by atoms with van der Waals surface area (Å²) < 4.78 is 2.03. The quantitative estimate of drug-likeness (QED) is 0.852. The van der Waals surface area contributed by atoms with Crippen molar-refractivity contribution in [3.8, 4) is 0 Å². The predicted molar refractivity (Wildman–Crippen MR) is 70.3 cm³/mol. The van der Waals surface area contributed by atoms with Gasteiger partial charge in [0.2, 0.25) is 0 Å². The number of H-pyrrole nitrogens is 1. The second kappa shape index (κ2) is 5.14. The standard InChI is InChI=1S/C13H19N5O/c1-10-6-11(16-15-10)7-17-8-12-2-4-14-18(12)5-3-13(17)9-19/h2,4,6,13,19H,3,5,7-9H2,1H3,(H,15,16). The van der Waals surface area contributed by atoms with Crippen LogP contribution in [0.4, 0.5) is 0 Å². The van der Waals surface area contributed by atoms with Gasteiger partial charge in [-0.1, -0.05) is 0 Å². The topological polar surface area (TPSA) is 70.0 Å². The Labute approximate surface area is 112 Å². The predicted octanol–water partition coefficient (Wildman–Crippen LogP) is 0.681. The van der Waals surface area contributed by atoms with E-state index in [1.807, 2.05) is 23.9 Å². The molecule has 1 aliphatic rings. The van der Waals surface area contributed by atoms with Crippen LogP contribution in [0.15, 0.2) is 18.3 Å². The normalized spacial score (nSPS) is 20.2. The molecule has 1 aliphatic heterocycles. The van der Waals surface area contributed by atoms with Crippen molar-refractivity contribution in [2.75, 3.05) is 6.61 Å². The number of nitrogens with one attached hydrogen (secondary N) is 1. The number of hydrogen-bond donors (Lipinski definition) is 2. The minimum absolute atomic E-state index is 0.165. The molecule has 0 saturated heterocycles. The van der Waals surface area contributed by atoms with Gasteiger partial charge in [0.05, 0.1) is 18.0 Å². The molecule has 19 heavy (non-hydrogen) atoms. The molecule has 3 rings (SSSR count). The van der Waals surface area contributed by atoms with Crippen LogP contribution < -0.4 is 0 Å². The van der Waals surface area contributed by atoms with Crippen molar-refractivity contribution < 1.29 is 5.11 Å². The molecule has 3 heterocycles. The highest BCUT2D eigenvalue weighted by molar-refractivity contribution is 5.08. The number of aliphatic hydroxyl groups is 1. The third kappa shape index (κ3) is 2.54. The zero-order valence-electron chi connectivity index (χ0n) is 11.1. The number of hydrogen-bond acceptors (Lipinski definition) is 4. The van der Waals surface area contributed by atoms with E-state index in [0.29, 0.717) is 0 Å². The van der Waals surface area contributed by atoms with Crippen molar-refractivity contribution in [3.05, 3.63) is 35.4 Å². The zero-order valence-corrected chi connectivity index (χ0v) is 11.1. The minimum Gasteiger partial charge on any atom is -0.395 e. The van der Waals surface area contributed by atoms with Gasteiger partial charge in [0, 0.05) is 37.6 Å². The molecule has 6 nitrogen and oxygen atoms in total. The van der Waals surface area contributed by atoms with Gasteiger partial charge in [-0.3, -0.25) is 14.7 Å². The largest absolute Gasteiger partial charge is 0.395 e. The number of aromatic amines is 1. The van der Waals surface area contributed by atoms with Crippen LogP contribution in [0.1, 0.15) is 23.5 Å². The summed E-state index contributed by atoms with van der Waals surface area (Å²) in [6.45, 7) is 4.59. The van der Waals surface area contributed by atoms with Crippen molar-refractivity contribution in [3.63, 3.8) is 0 Å². The third-order valence-corrected chi connectivity index (χ3v) is 3.69. The first-order chi connectivity index (χ1) is 9.26. The van der Waals surface area contributed by atoms with Gasteiger partial charge in [0.1, 0.15) is 0 Å². The summed E-state index contributed by atoms with van der Waals surface area (Å²) in [7, 11) is 0. The van der Waals surface area contributed by atoms with Crippen molar-refractivity contribution in [1.29, 1.82) is 0 Å². The molecule has 0 amide bonds. The molecule has 0 spiro atoms. The SMILES string of the molecule is Cc1cc(CN2Cc3ccnn3CCC2CO)n[nH]1. The molecule has 1 atom stereocenters. The summed E-state index contributed by atoms with van der Waals surface area (Å²) in [5.74, 6) is 0. The average molecular weight is 261 g/mol. The number of aryl methyl sites for hydroxylation is 2. The fourth-order valence-electron chi connectivity index (χ4n) is 2.64. The van der Waals surface area contributed by atoms with Gasteiger partial charge in [-0.2, -0.15) is 10.2 Å². The summed E-state index contributed by atoms with van der Waals surface area (Å²) in [5.41, 5.74) is 3.28. The minimum atomic E-state index is 0.165. The third-order valence-electron chi connectivity index (χ3n) is 3.69. The molecule has 2 aromatic heterocycles. The summed E-state index contributed by atoms with van der Waals surface area (Å²) in [4.78, 5) is 2.27. The lowest BCUT2D eigenvalue weighted by Gasteiger charge is -2.27. The van der Waals surface area contributed by atoms with Gasteiger partial charge in [0.15, 0.2) is 0 Å². The first-order valence-electron chi connectivity index (χ1n) is 6.63. The van der Waals surface area contributed by atoms with Crippen LogP contribution in [0, 0.1) is 6.92 Å². The fourth-order valence-corrected chi connectivity index (χ4v) is 2.64. The highest BCUT2D eigenvalue weighted by Crippen LogP contribution is 2.19. The smallest absolute Gasteiger partial charge is 0.0765 e. The molecule has 6 heteroatoms. The van der Waals surface area contributed by atoms with E-state index >= 15 is 0 Å². The van der Waals surface area contributed by atoms with Gasteiger partial charge in [0.25, 0.3) is 0 Å². The van der Waals surface area contributed by atoms with Crippen LogP contribution >= 0.6 is 0 Å². The Balaban J connectivity index is 1.80. The van der Waals surface area contributed by atoms with E-state index in [1.54, 1.807) is 0 Å². The van der Waals surface area contributed by atoms with Gasteiger partial charge >= 0.3 is 0 Å². The highest BCUT2D eigenvalue weighted by atomic mass is 16.3. The maximum atomic E-state index is 9.59. The van der Waals surface area contributed by atoms with E-state index in [4.69, 9.17) is 0 Å². The second-order valence-electron chi connectivity index (χ2n) is 5.12. The number of aliphatic hydroxyl groups excluding tert-OH is 1. The molecular formula is C13H19N5O. The Morgan fingerprint density at radius 2 is 2.42 bits per heavy atom. The lowest BCUT2D eigenvalue weighted by molar-refractivity contribution is 0.106. The Bertz CT molecular complexity index is 547. The molecule has 2 N–H and O–H groups in total. The lowest BCUT2D eigenvalue weighted by atomic mass is 10.2.